The Balaban J connectivity index is 1.18. The van der Waals surface area contributed by atoms with Crippen LogP contribution in [0.3, 0.4) is 0 Å². The van der Waals surface area contributed by atoms with Gasteiger partial charge >= 0.3 is 5.97 Å². The summed E-state index contributed by atoms with van der Waals surface area (Å²) in [6, 6.07) is 11.7. The average molecular weight is 968 g/mol. The lowest BCUT2D eigenvalue weighted by Gasteiger charge is -2.13. The van der Waals surface area contributed by atoms with Crippen LogP contribution in [0.15, 0.2) is 60.8 Å². The molecular weight excluding hydrogens is 911 g/mol. The molecule has 8 rings (SSSR count). The zero-order valence-electron chi connectivity index (χ0n) is 40.6. The topological polar surface area (TPSA) is 288 Å². The maximum atomic E-state index is 14.0. The standard InChI is InChI=1S/C49H57N15O7/c1-7-62-36(20-28(4)57-62)45-53-27-34-33-23-31(43(51)65)25-39(69-17-12-14-50)41(33)60(46(34)55-45)15-10-11-16-61-42-35(54-49(61)56-47(67)37-21-29(5)58-63(37)8-2)24-32(44(52)66)26-40(42)70-18-13-19-71-48(68)38-22-30(6)59-64(38)9-3/h10-11,20-27H,7-9,12-19,50H2,1-6H3,(H2,51,65)(H2,52,66)(H,54,56,67)/b11-10+. The molecule has 22 nitrogen and oxygen atoms in total. The number of nitrogens with zero attached hydrogens (tertiary/aromatic N) is 11. The molecule has 6 aromatic heterocycles. The minimum absolute atomic E-state index is 0.0416. The van der Waals surface area contributed by atoms with Crippen LogP contribution >= 0.6 is 0 Å². The molecular formula is C49H57N15O7. The highest BCUT2D eigenvalue weighted by molar-refractivity contribution is 6.12. The van der Waals surface area contributed by atoms with Crippen molar-refractivity contribution in [2.24, 2.45) is 17.2 Å². The van der Waals surface area contributed by atoms with E-state index in [0.29, 0.717) is 106 Å². The zero-order chi connectivity index (χ0) is 50.5. The number of ether oxygens (including phenoxy) is 3. The van der Waals surface area contributed by atoms with Crippen LogP contribution in [-0.4, -0.2) is 103 Å². The van der Waals surface area contributed by atoms with E-state index in [1.165, 1.54) is 12.1 Å². The first kappa shape index (κ1) is 49.0. The van der Waals surface area contributed by atoms with E-state index in [1.54, 1.807) is 58.2 Å². The van der Waals surface area contributed by atoms with Crippen LogP contribution in [-0.2, 0) is 37.5 Å². The van der Waals surface area contributed by atoms with Gasteiger partial charge in [0, 0.05) is 67.2 Å². The monoisotopic (exact) mass is 967 g/mol. The average Bonchev–Trinajstić information content (AvgIpc) is 4.18. The van der Waals surface area contributed by atoms with Crippen molar-refractivity contribution in [2.75, 3.05) is 31.7 Å². The Morgan fingerprint density at radius 3 is 1.92 bits per heavy atom. The molecule has 6 heterocycles. The number of amides is 3. The third-order valence-corrected chi connectivity index (χ3v) is 11.7. The summed E-state index contributed by atoms with van der Waals surface area (Å²) in [5, 5.41) is 17.7. The van der Waals surface area contributed by atoms with Crippen LogP contribution in [0.4, 0.5) is 5.95 Å². The summed E-state index contributed by atoms with van der Waals surface area (Å²) in [5.41, 5.74) is 23.5. The minimum atomic E-state index is -0.711. The Kier molecular flexibility index (Phi) is 14.6. The quantitative estimate of drug-likeness (QED) is 0.0384. The molecule has 370 valence electrons. The molecule has 0 radical (unpaired) electrons. The molecule has 22 heteroatoms. The summed E-state index contributed by atoms with van der Waals surface area (Å²) >= 11 is 0. The summed E-state index contributed by atoms with van der Waals surface area (Å²) in [4.78, 5) is 66.9. The van der Waals surface area contributed by atoms with Gasteiger partial charge in [0.15, 0.2) is 5.82 Å². The lowest BCUT2D eigenvalue weighted by molar-refractivity contribution is 0.0471. The van der Waals surface area contributed by atoms with Crippen molar-refractivity contribution in [3.63, 3.8) is 0 Å². The molecule has 0 aliphatic carbocycles. The van der Waals surface area contributed by atoms with Crippen LogP contribution in [0.2, 0.25) is 0 Å². The number of hydrogen-bond donors (Lipinski definition) is 4. The number of fused-ring (bicyclic) bond motifs is 4. The third-order valence-electron chi connectivity index (χ3n) is 11.7. The molecule has 0 spiro atoms. The van der Waals surface area contributed by atoms with Crippen LogP contribution < -0.4 is 32.0 Å². The number of primary amides is 2. The number of carbonyl (C=O) groups excluding carboxylic acids is 4. The normalized spacial score (nSPS) is 11.6. The summed E-state index contributed by atoms with van der Waals surface area (Å²) in [5.74, 6) is -0.997. The van der Waals surface area contributed by atoms with Crippen LogP contribution in [0.1, 0.15) is 92.4 Å². The fourth-order valence-corrected chi connectivity index (χ4v) is 8.43. The van der Waals surface area contributed by atoms with Crippen LogP contribution in [0.25, 0.3) is 44.5 Å². The predicted molar refractivity (Wildman–Crippen MR) is 265 cm³/mol. The molecule has 0 aliphatic rings. The molecule has 2 aromatic carbocycles. The van der Waals surface area contributed by atoms with Gasteiger partial charge in [-0.2, -0.15) is 15.3 Å². The first-order valence-corrected chi connectivity index (χ1v) is 23.4. The molecule has 0 saturated carbocycles. The Bertz CT molecular complexity index is 3350. The number of nitrogens with two attached hydrogens (primary N) is 3. The summed E-state index contributed by atoms with van der Waals surface area (Å²) in [6.45, 7) is 14.0. The van der Waals surface area contributed by atoms with Crippen LogP contribution in [0, 0.1) is 20.8 Å². The Morgan fingerprint density at radius 1 is 0.662 bits per heavy atom. The molecule has 7 N–H and O–H groups in total. The minimum Gasteiger partial charge on any atom is -0.491 e. The maximum absolute atomic E-state index is 14.0. The molecule has 0 unspecified atom stereocenters. The lowest BCUT2D eigenvalue weighted by Crippen LogP contribution is -2.20. The number of anilines is 1. The Hall–Kier alpha value is -8.40. The van der Waals surface area contributed by atoms with E-state index in [0.717, 1.165) is 11.4 Å². The van der Waals surface area contributed by atoms with E-state index >= 15 is 0 Å². The van der Waals surface area contributed by atoms with Crippen molar-refractivity contribution in [3.8, 4) is 23.0 Å². The predicted octanol–water partition coefficient (Wildman–Crippen LogP) is 5.24. The molecule has 71 heavy (non-hydrogen) atoms. The van der Waals surface area contributed by atoms with Gasteiger partial charge in [-0.25, -0.2) is 19.7 Å². The van der Waals surface area contributed by atoms with E-state index in [4.69, 9.17) is 46.4 Å². The van der Waals surface area contributed by atoms with Gasteiger partial charge in [-0.05, 0) is 97.0 Å². The second-order valence-electron chi connectivity index (χ2n) is 16.7. The number of carbonyl (C=O) groups is 4. The van der Waals surface area contributed by atoms with Crippen molar-refractivity contribution in [1.82, 2.24) is 53.4 Å². The van der Waals surface area contributed by atoms with E-state index < -0.39 is 23.7 Å². The number of allylic oxidation sites excluding steroid dienone is 2. The van der Waals surface area contributed by atoms with Gasteiger partial charge < -0.3 is 40.5 Å². The maximum Gasteiger partial charge on any atom is 0.356 e. The smallest absolute Gasteiger partial charge is 0.356 e. The van der Waals surface area contributed by atoms with Gasteiger partial charge in [0.2, 0.25) is 17.8 Å². The van der Waals surface area contributed by atoms with Crippen molar-refractivity contribution < 1.29 is 33.4 Å². The Labute approximate surface area is 407 Å². The zero-order valence-corrected chi connectivity index (χ0v) is 40.6. The number of esters is 1. The van der Waals surface area contributed by atoms with E-state index in [-0.39, 0.29) is 55.7 Å². The van der Waals surface area contributed by atoms with Gasteiger partial charge in [-0.1, -0.05) is 12.2 Å². The fourth-order valence-electron chi connectivity index (χ4n) is 8.43. The number of aryl methyl sites for hydroxylation is 6. The summed E-state index contributed by atoms with van der Waals surface area (Å²) < 4.78 is 26.9. The number of nitrogens with one attached hydrogen (secondary N) is 1. The fraction of sp³-hybridized carbons (Fsp3) is 0.347. The highest BCUT2D eigenvalue weighted by atomic mass is 16.5. The number of rotatable bonds is 22. The van der Waals surface area contributed by atoms with Gasteiger partial charge in [0.25, 0.3) is 5.91 Å². The van der Waals surface area contributed by atoms with E-state index in [9.17, 15) is 19.2 Å². The highest BCUT2D eigenvalue weighted by Crippen LogP contribution is 2.37. The van der Waals surface area contributed by atoms with Crippen molar-refractivity contribution in [3.05, 3.63) is 100 Å². The number of benzene rings is 2. The molecule has 0 aliphatic heterocycles. The van der Waals surface area contributed by atoms with Gasteiger partial charge in [0.1, 0.15) is 39.7 Å². The van der Waals surface area contributed by atoms with E-state index in [2.05, 4.69) is 20.6 Å². The lowest BCUT2D eigenvalue weighted by atomic mass is 10.1. The van der Waals surface area contributed by atoms with Gasteiger partial charge in [-0.3, -0.25) is 33.7 Å². The van der Waals surface area contributed by atoms with Crippen molar-refractivity contribution >= 4 is 62.6 Å². The second kappa shape index (κ2) is 21.1. The first-order chi connectivity index (χ1) is 34.2. The third kappa shape index (κ3) is 10.2. The second-order valence-corrected chi connectivity index (χ2v) is 16.7. The summed E-state index contributed by atoms with van der Waals surface area (Å²) in [7, 11) is 0. The van der Waals surface area contributed by atoms with Crippen molar-refractivity contribution in [2.45, 2.75) is 87.1 Å². The van der Waals surface area contributed by atoms with Crippen molar-refractivity contribution in [1.29, 1.82) is 0 Å². The first-order valence-electron chi connectivity index (χ1n) is 23.4. The summed E-state index contributed by atoms with van der Waals surface area (Å²) in [6.07, 6.45) is 6.42. The van der Waals surface area contributed by atoms with Gasteiger partial charge in [-0.15, -0.1) is 0 Å². The molecule has 0 bridgehead atoms. The van der Waals surface area contributed by atoms with E-state index in [1.807, 2.05) is 55.2 Å². The number of imidazole rings is 1. The molecule has 0 saturated heterocycles. The van der Waals surface area contributed by atoms with Crippen LogP contribution in [0.5, 0.6) is 11.5 Å². The number of aromatic nitrogens is 11. The van der Waals surface area contributed by atoms with Gasteiger partial charge in [0.05, 0.1) is 47.9 Å². The Morgan fingerprint density at radius 2 is 1.25 bits per heavy atom. The molecule has 0 fully saturated rings. The largest absolute Gasteiger partial charge is 0.491 e. The molecule has 3 amide bonds. The number of hydrogen-bond acceptors (Lipinski definition) is 14. The SMILES string of the molecule is CCn1nc(C)cc1C(=O)Nc1nc2cc(C(N)=O)cc(OCCCOC(=O)c3cc(C)nn3CC)c2n1C/C=C/Cn1c2nc(-c3cc(C)nn3CC)ncc2c2cc(C(N)=O)cc(OCCCN)c21. The molecule has 8 aromatic rings. The highest BCUT2D eigenvalue weighted by Gasteiger charge is 2.24. The molecule has 0 atom stereocenters.